The lowest BCUT2D eigenvalue weighted by molar-refractivity contribution is -0.137. The van der Waals surface area contributed by atoms with Crippen molar-refractivity contribution in [2.45, 2.75) is 43.9 Å². The zero-order valence-corrected chi connectivity index (χ0v) is 21.0. The number of ether oxygens (including phenoxy) is 2. The Balaban J connectivity index is 0.00000722. The lowest BCUT2D eigenvalue weighted by atomic mass is 9.98. The number of benzene rings is 1. The molecule has 0 bridgehead atoms. The Hall–Kier alpha value is -3.57. The van der Waals surface area contributed by atoms with Crippen LogP contribution in [0.5, 0.6) is 0 Å². The number of aromatic nitrogens is 2. The Morgan fingerprint density at radius 2 is 2.00 bits per heavy atom. The van der Waals surface area contributed by atoms with E-state index in [1.165, 1.54) is 31.0 Å². The highest BCUT2D eigenvalue weighted by Gasteiger charge is 2.31. The van der Waals surface area contributed by atoms with Crippen LogP contribution in [0, 0.1) is 11.3 Å². The summed E-state index contributed by atoms with van der Waals surface area (Å²) < 4.78 is 49.0. The first kappa shape index (κ1) is 32.5. The number of alkyl halides is 3. The van der Waals surface area contributed by atoms with Crippen molar-refractivity contribution >= 4 is 35.4 Å². The molecule has 2 aromatic rings. The number of nitriles is 1. The standard InChI is InChI=1S/C23H27F3N6O4S.CH4/c1-35-9-10-36-22(34)29-8-4-7-17(30-19-16(13-27)20(37-2)32-21(28)31-19)18(33)12-14-5-3-6-15(11-14)23(24,25)26;/h3,5-6,11,17H,4,7-10,12H2,1-2H3,(H,29,34)(H3,28,30,31,32);1H4/t17-;/m0./s1. The van der Waals surface area contributed by atoms with Crippen LogP contribution in [0.1, 0.15) is 37.0 Å². The fourth-order valence-corrected chi connectivity index (χ4v) is 3.77. The number of nitrogen functional groups attached to an aromatic ring is 1. The number of nitrogens with zero attached hydrogens (tertiary/aromatic N) is 3. The number of hydrogen-bond acceptors (Lipinski definition) is 10. The number of amides is 1. The topological polar surface area (TPSA) is 152 Å². The molecule has 4 N–H and O–H groups in total. The van der Waals surface area contributed by atoms with Crippen molar-refractivity contribution in [1.82, 2.24) is 15.3 Å². The van der Waals surface area contributed by atoms with Gasteiger partial charge in [0, 0.05) is 20.1 Å². The molecule has 1 heterocycles. The van der Waals surface area contributed by atoms with E-state index in [0.717, 1.165) is 12.1 Å². The summed E-state index contributed by atoms with van der Waals surface area (Å²) in [4.78, 5) is 32.9. The second-order valence-corrected chi connectivity index (χ2v) is 8.46. The first-order valence-electron chi connectivity index (χ1n) is 11.1. The van der Waals surface area contributed by atoms with Crippen LogP contribution in [0.2, 0.25) is 0 Å². The van der Waals surface area contributed by atoms with Crippen LogP contribution >= 0.6 is 11.8 Å². The molecule has 0 fully saturated rings. The molecule has 0 spiro atoms. The quantitative estimate of drug-likeness (QED) is 0.187. The van der Waals surface area contributed by atoms with Gasteiger partial charge in [0.1, 0.15) is 23.3 Å². The second-order valence-electron chi connectivity index (χ2n) is 7.66. The number of anilines is 2. The molecule has 0 aliphatic carbocycles. The van der Waals surface area contributed by atoms with Gasteiger partial charge in [-0.15, -0.1) is 11.8 Å². The molecule has 0 saturated heterocycles. The third-order valence-corrected chi connectivity index (χ3v) is 5.67. The number of methoxy groups -OCH3 is 1. The molecule has 1 aromatic carbocycles. The summed E-state index contributed by atoms with van der Waals surface area (Å²) in [7, 11) is 1.47. The second kappa shape index (κ2) is 15.6. The SMILES string of the molecule is C.COCCOC(=O)NCCC[C@H](Nc1nc(N)nc(SC)c1C#N)C(=O)Cc1cccc(C(F)(F)F)c1. The van der Waals surface area contributed by atoms with Gasteiger partial charge < -0.3 is 25.8 Å². The van der Waals surface area contributed by atoms with E-state index in [4.69, 9.17) is 15.2 Å². The maximum atomic E-state index is 13.2. The summed E-state index contributed by atoms with van der Waals surface area (Å²) in [5.41, 5.74) is 5.15. The fourth-order valence-electron chi connectivity index (χ4n) is 3.24. The predicted molar refractivity (Wildman–Crippen MR) is 138 cm³/mol. The predicted octanol–water partition coefficient (Wildman–Crippen LogP) is 4.05. The van der Waals surface area contributed by atoms with Gasteiger partial charge in [-0.1, -0.05) is 25.6 Å². The number of alkyl carbamates (subject to hydrolysis) is 1. The van der Waals surface area contributed by atoms with E-state index < -0.39 is 29.7 Å². The van der Waals surface area contributed by atoms with E-state index in [0.29, 0.717) is 11.4 Å². The van der Waals surface area contributed by atoms with E-state index >= 15 is 0 Å². The Morgan fingerprint density at radius 3 is 2.63 bits per heavy atom. The molecular weight excluding hydrogens is 525 g/mol. The molecule has 0 aliphatic heterocycles. The maximum absolute atomic E-state index is 13.2. The van der Waals surface area contributed by atoms with Gasteiger partial charge in [0.2, 0.25) is 5.95 Å². The minimum absolute atomic E-state index is 0. The van der Waals surface area contributed by atoms with Crippen LogP contribution in [0.3, 0.4) is 0 Å². The van der Waals surface area contributed by atoms with Gasteiger partial charge in [0.15, 0.2) is 11.6 Å². The van der Waals surface area contributed by atoms with Crippen molar-refractivity contribution in [3.63, 3.8) is 0 Å². The minimum atomic E-state index is -4.55. The smallest absolute Gasteiger partial charge is 0.416 e. The van der Waals surface area contributed by atoms with Crippen molar-refractivity contribution in [2.24, 2.45) is 0 Å². The third kappa shape index (κ3) is 10.1. The summed E-state index contributed by atoms with van der Waals surface area (Å²) in [6, 6.07) is 5.54. The molecule has 1 amide bonds. The number of thioether (sulfide) groups is 1. The molecule has 14 heteroatoms. The monoisotopic (exact) mass is 556 g/mol. The van der Waals surface area contributed by atoms with Crippen molar-refractivity contribution in [3.8, 4) is 6.07 Å². The average molecular weight is 557 g/mol. The summed E-state index contributed by atoms with van der Waals surface area (Å²) in [5, 5.41) is 15.4. The Labute approximate surface area is 223 Å². The normalized spacial score (nSPS) is 11.6. The van der Waals surface area contributed by atoms with E-state index in [2.05, 4.69) is 20.6 Å². The molecule has 1 atom stereocenters. The first-order chi connectivity index (χ1) is 17.6. The highest BCUT2D eigenvalue weighted by atomic mass is 32.2. The molecule has 0 aliphatic rings. The van der Waals surface area contributed by atoms with E-state index in [-0.39, 0.29) is 62.9 Å². The van der Waals surface area contributed by atoms with Gasteiger partial charge in [-0.25, -0.2) is 9.78 Å². The summed E-state index contributed by atoms with van der Waals surface area (Å²) in [6.07, 6.45) is -3.33. The zero-order valence-electron chi connectivity index (χ0n) is 20.2. The van der Waals surface area contributed by atoms with Crippen LogP contribution < -0.4 is 16.4 Å². The number of carbonyl (C=O) groups is 2. The molecular formula is C24H31F3N6O4S. The summed E-state index contributed by atoms with van der Waals surface area (Å²) in [6.45, 7) is 0.477. The molecule has 38 heavy (non-hydrogen) atoms. The van der Waals surface area contributed by atoms with E-state index in [1.807, 2.05) is 6.07 Å². The number of nitrogens with one attached hydrogen (secondary N) is 2. The molecule has 1 aromatic heterocycles. The number of halogens is 3. The van der Waals surface area contributed by atoms with Gasteiger partial charge in [-0.05, 0) is 30.7 Å². The van der Waals surface area contributed by atoms with Crippen molar-refractivity contribution in [2.75, 3.05) is 44.2 Å². The highest BCUT2D eigenvalue weighted by Crippen LogP contribution is 2.30. The van der Waals surface area contributed by atoms with Gasteiger partial charge in [-0.2, -0.15) is 23.4 Å². The zero-order chi connectivity index (χ0) is 27.4. The summed E-state index contributed by atoms with van der Waals surface area (Å²) >= 11 is 1.17. The van der Waals surface area contributed by atoms with E-state index in [1.54, 1.807) is 6.26 Å². The number of Topliss-reactive ketones (excluding diaryl/α,β-unsaturated/α-hetero) is 1. The van der Waals surface area contributed by atoms with Crippen molar-refractivity contribution in [1.29, 1.82) is 5.26 Å². The Bertz CT molecular complexity index is 1130. The van der Waals surface area contributed by atoms with Crippen LogP contribution in [0.25, 0.3) is 0 Å². The lowest BCUT2D eigenvalue weighted by Crippen LogP contribution is -2.34. The molecule has 0 saturated carbocycles. The van der Waals surface area contributed by atoms with Crippen LogP contribution in [0.4, 0.5) is 29.7 Å². The highest BCUT2D eigenvalue weighted by molar-refractivity contribution is 7.98. The molecule has 2 rings (SSSR count). The van der Waals surface area contributed by atoms with Gasteiger partial charge >= 0.3 is 12.3 Å². The van der Waals surface area contributed by atoms with Crippen molar-refractivity contribution < 1.29 is 32.2 Å². The van der Waals surface area contributed by atoms with Gasteiger partial charge in [0.25, 0.3) is 0 Å². The number of ketones is 1. The van der Waals surface area contributed by atoms with Crippen LogP contribution in [-0.4, -0.2) is 61.0 Å². The molecule has 0 unspecified atom stereocenters. The van der Waals surface area contributed by atoms with E-state index in [9.17, 15) is 28.0 Å². The maximum Gasteiger partial charge on any atom is 0.416 e. The Kier molecular flexibility index (Phi) is 13.3. The summed E-state index contributed by atoms with van der Waals surface area (Å²) in [5.74, 6) is -0.516. The van der Waals surface area contributed by atoms with Gasteiger partial charge in [0.05, 0.1) is 18.2 Å². The minimum Gasteiger partial charge on any atom is -0.447 e. The molecule has 10 nitrogen and oxygen atoms in total. The number of rotatable bonds is 13. The molecule has 0 radical (unpaired) electrons. The number of nitrogens with two attached hydrogens (primary N) is 1. The first-order valence-corrected chi connectivity index (χ1v) is 12.3. The van der Waals surface area contributed by atoms with Crippen LogP contribution in [-0.2, 0) is 26.9 Å². The van der Waals surface area contributed by atoms with Crippen molar-refractivity contribution in [3.05, 3.63) is 41.0 Å². The Morgan fingerprint density at radius 1 is 1.26 bits per heavy atom. The largest absolute Gasteiger partial charge is 0.447 e. The number of hydrogen-bond donors (Lipinski definition) is 3. The van der Waals surface area contributed by atoms with Crippen LogP contribution in [0.15, 0.2) is 29.3 Å². The fraction of sp³-hybridized carbons (Fsp3) is 0.458. The number of carbonyl (C=O) groups excluding carboxylic acids is 2. The average Bonchev–Trinajstić information content (AvgIpc) is 2.85. The molecule has 208 valence electrons. The third-order valence-electron chi connectivity index (χ3n) is 4.99. The van der Waals surface area contributed by atoms with Gasteiger partial charge in [-0.3, -0.25) is 4.79 Å². The lowest BCUT2D eigenvalue weighted by Gasteiger charge is -2.20.